The van der Waals surface area contributed by atoms with Gasteiger partial charge < -0.3 is 9.46 Å². The quantitative estimate of drug-likeness (QED) is 0.823. The molecule has 1 amide bonds. The molecule has 0 aliphatic heterocycles. The number of anilines is 2. The summed E-state index contributed by atoms with van der Waals surface area (Å²) < 4.78 is 20.5. The first kappa shape index (κ1) is 18.0. The zero-order chi connectivity index (χ0) is 16.2. The van der Waals surface area contributed by atoms with E-state index in [9.17, 15) is 9.00 Å². The number of carbonyl (C=O) groups is 1. The summed E-state index contributed by atoms with van der Waals surface area (Å²) in [6, 6.07) is 5.21. The maximum absolute atomic E-state index is 12.1. The zero-order valence-corrected chi connectivity index (χ0v) is 15.2. The van der Waals surface area contributed by atoms with Gasteiger partial charge in [0.05, 0.1) is 16.5 Å². The molecule has 0 aliphatic rings. The second-order valence-electron chi connectivity index (χ2n) is 5.76. The molecule has 0 saturated heterocycles. The molecule has 1 aromatic carbocycles. The molecule has 1 unspecified atom stereocenters. The van der Waals surface area contributed by atoms with Crippen molar-refractivity contribution in [2.45, 2.75) is 45.5 Å². The van der Waals surface area contributed by atoms with E-state index in [-0.39, 0.29) is 10.9 Å². The lowest BCUT2D eigenvalue weighted by atomic mass is 10.3. The molecule has 0 radical (unpaired) electrons. The summed E-state index contributed by atoms with van der Waals surface area (Å²) in [6.45, 7) is 9.20. The van der Waals surface area contributed by atoms with Crippen LogP contribution in [0.5, 0.6) is 0 Å². The molecular formula is C14H21BrN2O3S. The molecule has 1 rings (SSSR count). The highest BCUT2D eigenvalue weighted by Gasteiger charge is 2.20. The molecule has 0 aliphatic carbocycles. The van der Waals surface area contributed by atoms with Gasteiger partial charge in [-0.25, -0.2) is 9.00 Å². The van der Waals surface area contributed by atoms with Crippen LogP contribution in [-0.4, -0.2) is 21.2 Å². The van der Waals surface area contributed by atoms with Gasteiger partial charge in [0.15, 0.2) is 0 Å². The minimum Gasteiger partial charge on any atom is -0.447 e. The lowest BCUT2D eigenvalue weighted by Crippen LogP contribution is -2.27. The first-order valence-electron chi connectivity index (χ1n) is 6.55. The maximum Gasteiger partial charge on any atom is 0.411 e. The largest absolute Gasteiger partial charge is 0.447 e. The molecule has 0 spiro atoms. The summed E-state index contributed by atoms with van der Waals surface area (Å²) >= 11 is 3.39. The average Bonchev–Trinajstić information content (AvgIpc) is 2.31. The van der Waals surface area contributed by atoms with Crippen molar-refractivity contribution in [3.63, 3.8) is 0 Å². The van der Waals surface area contributed by atoms with E-state index in [1.807, 2.05) is 20.8 Å². The monoisotopic (exact) mass is 376 g/mol. The number of ether oxygens (including phenoxy) is 1. The molecule has 0 saturated carbocycles. The Morgan fingerprint density at radius 3 is 2.48 bits per heavy atom. The van der Waals surface area contributed by atoms with E-state index in [1.165, 1.54) is 0 Å². The third kappa shape index (κ3) is 6.05. The first-order chi connectivity index (χ1) is 9.59. The number of amides is 1. The van der Waals surface area contributed by atoms with Crippen LogP contribution in [0.25, 0.3) is 0 Å². The van der Waals surface area contributed by atoms with Gasteiger partial charge in [-0.2, -0.15) is 0 Å². The minimum atomic E-state index is -1.25. The minimum absolute atomic E-state index is 0.188. The topological polar surface area (TPSA) is 67.4 Å². The van der Waals surface area contributed by atoms with Gasteiger partial charge in [0.2, 0.25) is 0 Å². The van der Waals surface area contributed by atoms with Crippen LogP contribution in [0.4, 0.5) is 16.2 Å². The third-order valence-corrected chi connectivity index (χ3v) is 4.52. The van der Waals surface area contributed by atoms with Crippen molar-refractivity contribution in [2.75, 3.05) is 10.0 Å². The van der Waals surface area contributed by atoms with Gasteiger partial charge in [0.1, 0.15) is 11.0 Å². The second kappa shape index (κ2) is 7.26. The lowest BCUT2D eigenvalue weighted by Gasteiger charge is -2.20. The number of nitrogens with one attached hydrogen (secondary N) is 2. The van der Waals surface area contributed by atoms with Crippen molar-refractivity contribution in [1.29, 1.82) is 0 Å². The van der Waals surface area contributed by atoms with Gasteiger partial charge in [-0.15, -0.1) is 0 Å². The van der Waals surface area contributed by atoms with Crippen molar-refractivity contribution in [3.05, 3.63) is 22.7 Å². The second-order valence-corrected chi connectivity index (χ2v) is 8.58. The van der Waals surface area contributed by atoms with Crippen LogP contribution >= 0.6 is 15.9 Å². The Morgan fingerprint density at radius 2 is 1.95 bits per heavy atom. The molecular weight excluding hydrogens is 356 g/mol. The van der Waals surface area contributed by atoms with Gasteiger partial charge in [-0.3, -0.25) is 5.32 Å². The van der Waals surface area contributed by atoms with Gasteiger partial charge in [0, 0.05) is 10.2 Å². The van der Waals surface area contributed by atoms with E-state index in [0.717, 1.165) is 4.47 Å². The number of benzene rings is 1. The van der Waals surface area contributed by atoms with Crippen molar-refractivity contribution in [3.8, 4) is 0 Å². The highest BCUT2D eigenvalue weighted by atomic mass is 79.9. The number of hydrogen-bond donors (Lipinski definition) is 2. The first-order valence-corrected chi connectivity index (χ1v) is 8.49. The van der Waals surface area contributed by atoms with Crippen LogP contribution in [0.2, 0.25) is 0 Å². The predicted octanol–water partition coefficient (Wildman–Crippen LogP) is 4.28. The summed E-state index contributed by atoms with van der Waals surface area (Å²) in [7, 11) is -1.25. The molecule has 0 fully saturated rings. The molecule has 1 atom stereocenters. The summed E-state index contributed by atoms with van der Waals surface area (Å²) in [5.41, 5.74) is 1.21. The van der Waals surface area contributed by atoms with Crippen LogP contribution < -0.4 is 10.0 Å². The van der Waals surface area contributed by atoms with Gasteiger partial charge in [-0.05, 0) is 68.7 Å². The molecule has 21 heavy (non-hydrogen) atoms. The van der Waals surface area contributed by atoms with E-state index in [4.69, 9.17) is 4.74 Å². The van der Waals surface area contributed by atoms with Crippen LogP contribution in [0, 0.1) is 0 Å². The number of carbonyl (C=O) groups excluding carboxylic acids is 1. The van der Waals surface area contributed by atoms with E-state index in [2.05, 4.69) is 26.0 Å². The summed E-state index contributed by atoms with van der Waals surface area (Å²) in [6.07, 6.45) is -0.707. The zero-order valence-electron chi connectivity index (χ0n) is 12.8. The Morgan fingerprint density at radius 1 is 1.33 bits per heavy atom. The summed E-state index contributed by atoms with van der Waals surface area (Å²) in [4.78, 5) is 11.6. The molecule has 0 bridgehead atoms. The molecule has 5 nitrogen and oxygen atoms in total. The fraction of sp³-hybridized carbons (Fsp3) is 0.500. The average molecular weight is 377 g/mol. The summed E-state index contributed by atoms with van der Waals surface area (Å²) in [5, 5.41) is 2.63. The van der Waals surface area contributed by atoms with Crippen molar-refractivity contribution < 1.29 is 13.7 Å². The Kier molecular flexibility index (Phi) is 6.22. The summed E-state index contributed by atoms with van der Waals surface area (Å²) in [5.74, 6) is 0. The molecule has 7 heteroatoms. The maximum atomic E-state index is 12.1. The molecule has 2 N–H and O–H groups in total. The smallest absolute Gasteiger partial charge is 0.411 e. The Bertz CT molecular complexity index is 542. The Hall–Kier alpha value is -1.08. The highest BCUT2D eigenvalue weighted by Crippen LogP contribution is 2.28. The van der Waals surface area contributed by atoms with E-state index < -0.39 is 17.1 Å². The Labute approximate surface area is 136 Å². The van der Waals surface area contributed by atoms with Crippen LogP contribution in [0.1, 0.15) is 34.6 Å². The van der Waals surface area contributed by atoms with Crippen LogP contribution in [-0.2, 0) is 15.7 Å². The van der Waals surface area contributed by atoms with Crippen LogP contribution in [0.15, 0.2) is 22.7 Å². The van der Waals surface area contributed by atoms with Crippen LogP contribution in [0.3, 0.4) is 0 Å². The van der Waals surface area contributed by atoms with E-state index in [1.54, 1.807) is 32.0 Å². The van der Waals surface area contributed by atoms with Gasteiger partial charge >= 0.3 is 6.09 Å². The van der Waals surface area contributed by atoms with E-state index in [0.29, 0.717) is 11.4 Å². The van der Waals surface area contributed by atoms with Crippen molar-refractivity contribution >= 4 is 44.4 Å². The fourth-order valence-electron chi connectivity index (χ4n) is 1.30. The third-order valence-electron chi connectivity index (χ3n) is 2.31. The molecule has 1 aromatic rings. The van der Waals surface area contributed by atoms with Crippen molar-refractivity contribution in [2.24, 2.45) is 0 Å². The molecule has 118 valence electrons. The van der Waals surface area contributed by atoms with Gasteiger partial charge in [0.25, 0.3) is 0 Å². The predicted molar refractivity (Wildman–Crippen MR) is 90.9 cm³/mol. The fourth-order valence-corrected chi connectivity index (χ4v) is 2.45. The normalized spacial score (nSPS) is 12.9. The number of hydrogen-bond acceptors (Lipinski definition) is 3. The van der Waals surface area contributed by atoms with Crippen molar-refractivity contribution in [1.82, 2.24) is 0 Å². The molecule has 0 heterocycles. The van der Waals surface area contributed by atoms with Gasteiger partial charge in [-0.1, -0.05) is 0 Å². The number of halogens is 1. The lowest BCUT2D eigenvalue weighted by molar-refractivity contribution is 0.130. The standard InChI is InChI=1S/C14H21BrN2O3S/c1-9(2)20-13(18)16-10-6-7-11(15)12(8-10)17-21(19)14(3,4)5/h6-9,17H,1-5H3,(H,16,18). The SMILES string of the molecule is CC(C)OC(=O)Nc1ccc(Br)c(NS(=O)C(C)(C)C)c1. The molecule has 0 aromatic heterocycles. The highest BCUT2D eigenvalue weighted by molar-refractivity contribution is 9.10. The number of rotatable bonds is 4. The Balaban J connectivity index is 2.85. The van der Waals surface area contributed by atoms with E-state index >= 15 is 0 Å².